The van der Waals surface area contributed by atoms with Gasteiger partial charge in [-0.15, -0.1) is 0 Å². The van der Waals surface area contributed by atoms with Gasteiger partial charge in [-0.05, 0) is 37.3 Å². The molecule has 0 atom stereocenters. The first-order valence-corrected chi connectivity index (χ1v) is 6.74. The summed E-state index contributed by atoms with van der Waals surface area (Å²) in [5, 5.41) is 10.3. The smallest absolute Gasteiger partial charge is 0.146 e. The van der Waals surface area contributed by atoms with Crippen LogP contribution in [0.5, 0.6) is 11.5 Å². The number of ether oxygens (including phenoxy) is 1. The number of nitrogens with zero attached hydrogens (tertiary/aromatic N) is 2. The van der Waals surface area contributed by atoms with Crippen LogP contribution >= 0.6 is 11.6 Å². The van der Waals surface area contributed by atoms with Crippen molar-refractivity contribution in [3.8, 4) is 11.5 Å². The lowest BCUT2D eigenvalue weighted by molar-refractivity contribution is 0.480. The molecule has 0 aliphatic carbocycles. The average molecular weight is 301 g/mol. The number of aromatic amines is 1. The summed E-state index contributed by atoms with van der Waals surface area (Å²) in [5.74, 6) is 1.23. The van der Waals surface area contributed by atoms with Gasteiger partial charge in [0.2, 0.25) is 0 Å². The zero-order valence-corrected chi connectivity index (χ0v) is 12.1. The molecule has 0 radical (unpaired) electrons. The van der Waals surface area contributed by atoms with Gasteiger partial charge < -0.3 is 10.1 Å². The summed E-state index contributed by atoms with van der Waals surface area (Å²) in [7, 11) is 0. The molecular formula is C15H13ClN4O. The van der Waals surface area contributed by atoms with E-state index in [2.05, 4.69) is 20.5 Å². The molecule has 5 nitrogen and oxygen atoms in total. The Morgan fingerprint density at radius 1 is 1.14 bits per heavy atom. The molecule has 0 aliphatic heterocycles. The van der Waals surface area contributed by atoms with E-state index in [-0.39, 0.29) is 0 Å². The maximum absolute atomic E-state index is 6.24. The number of aromatic nitrogens is 3. The van der Waals surface area contributed by atoms with Gasteiger partial charge in [-0.2, -0.15) is 5.10 Å². The third kappa shape index (κ3) is 3.32. The van der Waals surface area contributed by atoms with Crippen LogP contribution in [0.4, 0.5) is 11.4 Å². The molecule has 2 N–H and O–H groups in total. The second-order valence-corrected chi connectivity index (χ2v) is 4.90. The predicted molar refractivity (Wildman–Crippen MR) is 82.4 cm³/mol. The lowest BCUT2D eigenvalue weighted by Gasteiger charge is -2.09. The number of halogens is 1. The molecule has 106 valence electrons. The summed E-state index contributed by atoms with van der Waals surface area (Å²) in [6.45, 7) is 1.92. The topological polar surface area (TPSA) is 62.8 Å². The Balaban J connectivity index is 1.76. The van der Waals surface area contributed by atoms with Gasteiger partial charge in [0.05, 0.1) is 23.1 Å². The largest absolute Gasteiger partial charge is 0.454 e. The summed E-state index contributed by atoms with van der Waals surface area (Å²) < 4.78 is 5.71. The van der Waals surface area contributed by atoms with Crippen LogP contribution in [0.25, 0.3) is 0 Å². The predicted octanol–water partition coefficient (Wildman–Crippen LogP) is 4.30. The number of aryl methyl sites for hydroxylation is 1. The van der Waals surface area contributed by atoms with Gasteiger partial charge in [-0.3, -0.25) is 10.1 Å². The summed E-state index contributed by atoms with van der Waals surface area (Å²) in [6.07, 6.45) is 5.12. The molecular weight excluding hydrogens is 288 g/mol. The van der Waals surface area contributed by atoms with Crippen molar-refractivity contribution in [2.75, 3.05) is 5.32 Å². The highest BCUT2D eigenvalue weighted by Gasteiger charge is 2.05. The SMILES string of the molecule is Cc1ccc(Oc2ccc(Nc3cn[nH]c3)cc2Cl)cn1. The molecule has 0 fully saturated rings. The summed E-state index contributed by atoms with van der Waals surface area (Å²) >= 11 is 6.24. The van der Waals surface area contributed by atoms with Gasteiger partial charge in [0.25, 0.3) is 0 Å². The number of rotatable bonds is 4. The van der Waals surface area contributed by atoms with E-state index in [0.717, 1.165) is 17.1 Å². The van der Waals surface area contributed by atoms with Crippen LogP contribution in [-0.2, 0) is 0 Å². The summed E-state index contributed by atoms with van der Waals surface area (Å²) in [5.41, 5.74) is 2.66. The van der Waals surface area contributed by atoms with Crippen LogP contribution in [0.1, 0.15) is 5.69 Å². The fourth-order valence-electron chi connectivity index (χ4n) is 1.79. The van der Waals surface area contributed by atoms with E-state index in [4.69, 9.17) is 16.3 Å². The molecule has 2 aromatic heterocycles. The highest BCUT2D eigenvalue weighted by Crippen LogP contribution is 2.32. The molecule has 0 bridgehead atoms. The Hall–Kier alpha value is -2.53. The van der Waals surface area contributed by atoms with Gasteiger partial charge in [0.1, 0.15) is 11.5 Å². The second-order valence-electron chi connectivity index (χ2n) is 4.49. The van der Waals surface area contributed by atoms with Crippen LogP contribution in [0.3, 0.4) is 0 Å². The lowest BCUT2D eigenvalue weighted by atomic mass is 10.3. The molecule has 2 heterocycles. The summed E-state index contributed by atoms with van der Waals surface area (Å²) in [6, 6.07) is 9.24. The molecule has 0 aliphatic rings. The van der Waals surface area contributed by atoms with Crippen molar-refractivity contribution in [1.29, 1.82) is 0 Å². The minimum Gasteiger partial charge on any atom is -0.454 e. The van der Waals surface area contributed by atoms with Gasteiger partial charge in [0.15, 0.2) is 0 Å². The highest BCUT2D eigenvalue weighted by molar-refractivity contribution is 6.32. The van der Waals surface area contributed by atoms with E-state index in [0.29, 0.717) is 16.5 Å². The molecule has 0 saturated carbocycles. The van der Waals surface area contributed by atoms with Crippen LogP contribution in [0.15, 0.2) is 48.9 Å². The average Bonchev–Trinajstić information content (AvgIpc) is 2.97. The number of nitrogens with one attached hydrogen (secondary N) is 2. The minimum absolute atomic E-state index is 0.518. The number of hydrogen-bond donors (Lipinski definition) is 2. The van der Waals surface area contributed by atoms with Gasteiger partial charge in [-0.1, -0.05) is 11.6 Å². The Labute approximate surface area is 126 Å². The summed E-state index contributed by atoms with van der Waals surface area (Å²) in [4.78, 5) is 4.18. The van der Waals surface area contributed by atoms with Gasteiger partial charge in [-0.25, -0.2) is 0 Å². The second kappa shape index (κ2) is 5.85. The van der Waals surface area contributed by atoms with Crippen molar-refractivity contribution in [3.05, 3.63) is 59.6 Å². The third-order valence-corrected chi connectivity index (χ3v) is 3.13. The lowest BCUT2D eigenvalue weighted by Crippen LogP contribution is -1.91. The van der Waals surface area contributed by atoms with Crippen LogP contribution < -0.4 is 10.1 Å². The van der Waals surface area contributed by atoms with Crippen molar-refractivity contribution in [2.24, 2.45) is 0 Å². The molecule has 21 heavy (non-hydrogen) atoms. The van der Waals surface area contributed by atoms with Crippen molar-refractivity contribution in [1.82, 2.24) is 15.2 Å². The fourth-order valence-corrected chi connectivity index (χ4v) is 2.01. The molecule has 0 saturated heterocycles. The molecule has 0 amide bonds. The Bertz CT molecular complexity index is 726. The molecule has 0 spiro atoms. The van der Waals surface area contributed by atoms with Crippen LogP contribution in [-0.4, -0.2) is 15.2 Å². The Kier molecular flexibility index (Phi) is 3.75. The maximum atomic E-state index is 6.24. The first kappa shape index (κ1) is 13.5. The number of H-pyrrole nitrogens is 1. The molecule has 1 aromatic carbocycles. The van der Waals surface area contributed by atoms with E-state index in [1.807, 2.05) is 31.2 Å². The van der Waals surface area contributed by atoms with Crippen molar-refractivity contribution in [3.63, 3.8) is 0 Å². The van der Waals surface area contributed by atoms with E-state index >= 15 is 0 Å². The van der Waals surface area contributed by atoms with Crippen LogP contribution in [0.2, 0.25) is 5.02 Å². The Morgan fingerprint density at radius 2 is 2.05 bits per heavy atom. The van der Waals surface area contributed by atoms with Crippen molar-refractivity contribution in [2.45, 2.75) is 6.92 Å². The maximum Gasteiger partial charge on any atom is 0.146 e. The monoisotopic (exact) mass is 300 g/mol. The fraction of sp³-hybridized carbons (Fsp3) is 0.0667. The quantitative estimate of drug-likeness (QED) is 0.754. The molecule has 6 heteroatoms. The number of anilines is 2. The molecule has 3 rings (SSSR count). The van der Waals surface area contributed by atoms with Gasteiger partial charge in [0, 0.05) is 17.6 Å². The highest BCUT2D eigenvalue weighted by atomic mass is 35.5. The zero-order valence-electron chi connectivity index (χ0n) is 11.3. The number of hydrogen-bond acceptors (Lipinski definition) is 4. The Morgan fingerprint density at radius 3 is 2.71 bits per heavy atom. The van der Waals surface area contributed by atoms with Crippen molar-refractivity contribution >= 4 is 23.0 Å². The van der Waals surface area contributed by atoms with Crippen molar-refractivity contribution < 1.29 is 4.74 Å². The number of benzene rings is 1. The van der Waals surface area contributed by atoms with Crippen LogP contribution in [0, 0.1) is 6.92 Å². The van der Waals surface area contributed by atoms with E-state index < -0.39 is 0 Å². The minimum atomic E-state index is 0.518. The molecule has 3 aromatic rings. The van der Waals surface area contributed by atoms with Gasteiger partial charge >= 0.3 is 0 Å². The molecule has 0 unspecified atom stereocenters. The standard InChI is InChI=1S/C15H13ClN4O/c1-10-2-4-13(9-17-10)21-15-5-3-11(6-14(15)16)20-12-7-18-19-8-12/h2-9,20H,1H3,(H,18,19). The first-order valence-electron chi connectivity index (χ1n) is 6.36. The van der Waals surface area contributed by atoms with E-state index in [1.165, 1.54) is 0 Å². The first-order chi connectivity index (χ1) is 10.2. The zero-order chi connectivity index (χ0) is 14.7. The normalized spacial score (nSPS) is 10.4. The third-order valence-electron chi connectivity index (χ3n) is 2.83. The van der Waals surface area contributed by atoms with E-state index in [1.54, 1.807) is 24.7 Å². The number of pyridine rings is 1. The van der Waals surface area contributed by atoms with E-state index in [9.17, 15) is 0 Å².